The van der Waals surface area contributed by atoms with Gasteiger partial charge in [-0.3, -0.25) is 9.69 Å². The summed E-state index contributed by atoms with van der Waals surface area (Å²) in [5.41, 5.74) is 1.48. The molecule has 1 aliphatic rings. The normalized spacial score (nSPS) is 15.8. The molecule has 2 heterocycles. The van der Waals surface area contributed by atoms with Crippen LogP contribution >= 0.6 is 0 Å². The standard InChI is InChI=1S/C17H25N5O/c1-3-21(4-2)17(23)14-20-8-5-9-22(11-10-20)16-7-6-15(12-18)19-13-16/h6-7,13H,3-5,8-11,14H2,1-2H3. The fraction of sp³-hybridized carbons (Fsp3) is 0.588. The first-order valence-electron chi connectivity index (χ1n) is 8.29. The van der Waals surface area contributed by atoms with Crippen LogP contribution in [0, 0.1) is 11.3 Å². The first kappa shape index (κ1) is 17.2. The Morgan fingerprint density at radius 1 is 1.26 bits per heavy atom. The third kappa shape index (κ3) is 4.67. The number of anilines is 1. The van der Waals surface area contributed by atoms with E-state index in [-0.39, 0.29) is 5.91 Å². The first-order valence-corrected chi connectivity index (χ1v) is 8.29. The van der Waals surface area contributed by atoms with Gasteiger partial charge in [0.05, 0.1) is 18.4 Å². The van der Waals surface area contributed by atoms with Gasteiger partial charge in [-0.2, -0.15) is 5.26 Å². The van der Waals surface area contributed by atoms with Gasteiger partial charge in [-0.15, -0.1) is 0 Å². The molecule has 6 nitrogen and oxygen atoms in total. The summed E-state index contributed by atoms with van der Waals surface area (Å²) in [5, 5.41) is 8.82. The van der Waals surface area contributed by atoms with Crippen molar-refractivity contribution in [3.8, 4) is 6.07 Å². The van der Waals surface area contributed by atoms with Gasteiger partial charge < -0.3 is 9.80 Å². The summed E-state index contributed by atoms with van der Waals surface area (Å²) < 4.78 is 0. The second kappa shape index (κ2) is 8.49. The quantitative estimate of drug-likeness (QED) is 0.820. The molecule has 0 bridgehead atoms. The van der Waals surface area contributed by atoms with Crippen LogP contribution in [0.5, 0.6) is 0 Å². The minimum absolute atomic E-state index is 0.212. The van der Waals surface area contributed by atoms with Crippen molar-refractivity contribution in [1.29, 1.82) is 5.26 Å². The molecule has 1 aromatic rings. The average Bonchev–Trinajstić information content (AvgIpc) is 2.82. The number of pyridine rings is 1. The van der Waals surface area contributed by atoms with Crippen molar-refractivity contribution in [1.82, 2.24) is 14.8 Å². The van der Waals surface area contributed by atoms with E-state index in [4.69, 9.17) is 5.26 Å². The van der Waals surface area contributed by atoms with E-state index in [1.807, 2.05) is 30.9 Å². The minimum Gasteiger partial charge on any atom is -0.369 e. The molecule has 2 rings (SSSR count). The van der Waals surface area contributed by atoms with Crippen molar-refractivity contribution < 1.29 is 4.79 Å². The van der Waals surface area contributed by atoms with Crippen LogP contribution in [0.1, 0.15) is 26.0 Å². The molecule has 1 aliphatic heterocycles. The van der Waals surface area contributed by atoms with E-state index in [0.29, 0.717) is 12.2 Å². The Hall–Kier alpha value is -2.13. The van der Waals surface area contributed by atoms with E-state index in [1.54, 1.807) is 12.3 Å². The molecule has 124 valence electrons. The predicted octanol–water partition coefficient (Wildman–Crippen LogP) is 1.33. The Labute approximate surface area is 138 Å². The molecule has 1 fully saturated rings. The lowest BCUT2D eigenvalue weighted by molar-refractivity contribution is -0.132. The van der Waals surface area contributed by atoms with Gasteiger partial charge in [-0.1, -0.05) is 0 Å². The first-order chi connectivity index (χ1) is 11.2. The second-order valence-corrected chi connectivity index (χ2v) is 5.70. The number of carbonyl (C=O) groups is 1. The number of nitrogens with zero attached hydrogens (tertiary/aromatic N) is 5. The Kier molecular flexibility index (Phi) is 6.36. The number of amides is 1. The van der Waals surface area contributed by atoms with E-state index < -0.39 is 0 Å². The van der Waals surface area contributed by atoms with Gasteiger partial charge in [-0.05, 0) is 32.4 Å². The van der Waals surface area contributed by atoms with E-state index in [2.05, 4.69) is 14.8 Å². The van der Waals surface area contributed by atoms with Crippen LogP contribution < -0.4 is 4.90 Å². The highest BCUT2D eigenvalue weighted by molar-refractivity contribution is 5.78. The molecular weight excluding hydrogens is 290 g/mol. The lowest BCUT2D eigenvalue weighted by Gasteiger charge is -2.25. The Bertz CT molecular complexity index is 547. The molecule has 0 saturated carbocycles. The molecule has 1 aromatic heterocycles. The van der Waals surface area contributed by atoms with Gasteiger partial charge in [0, 0.05) is 39.3 Å². The zero-order valence-electron chi connectivity index (χ0n) is 14.0. The van der Waals surface area contributed by atoms with E-state index >= 15 is 0 Å². The summed E-state index contributed by atoms with van der Waals surface area (Å²) in [6, 6.07) is 5.74. The number of likely N-dealkylation sites (N-methyl/N-ethyl adjacent to an activating group) is 1. The number of nitriles is 1. The highest BCUT2D eigenvalue weighted by Crippen LogP contribution is 2.15. The maximum Gasteiger partial charge on any atom is 0.236 e. The Morgan fingerprint density at radius 3 is 2.65 bits per heavy atom. The maximum absolute atomic E-state index is 12.2. The molecule has 0 radical (unpaired) electrons. The fourth-order valence-electron chi connectivity index (χ4n) is 2.89. The molecule has 1 saturated heterocycles. The van der Waals surface area contributed by atoms with Crippen LogP contribution in [0.25, 0.3) is 0 Å². The van der Waals surface area contributed by atoms with Crippen LogP contribution in [0.4, 0.5) is 5.69 Å². The van der Waals surface area contributed by atoms with Gasteiger partial charge in [0.1, 0.15) is 11.8 Å². The van der Waals surface area contributed by atoms with E-state index in [1.165, 1.54) is 0 Å². The number of carbonyl (C=O) groups excluding carboxylic acids is 1. The van der Waals surface area contributed by atoms with Crippen LogP contribution in [0.2, 0.25) is 0 Å². The molecule has 6 heteroatoms. The van der Waals surface area contributed by atoms with Gasteiger partial charge >= 0.3 is 0 Å². The molecule has 23 heavy (non-hydrogen) atoms. The molecule has 0 atom stereocenters. The molecule has 0 spiro atoms. The Balaban J connectivity index is 1.91. The monoisotopic (exact) mass is 315 g/mol. The summed E-state index contributed by atoms with van der Waals surface area (Å²) in [6.45, 7) is 9.70. The maximum atomic E-state index is 12.2. The molecule has 0 unspecified atom stereocenters. The lowest BCUT2D eigenvalue weighted by atomic mass is 10.3. The van der Waals surface area contributed by atoms with Crippen molar-refractivity contribution >= 4 is 11.6 Å². The number of hydrogen-bond acceptors (Lipinski definition) is 5. The van der Waals surface area contributed by atoms with Crippen LogP contribution in [0.15, 0.2) is 18.3 Å². The zero-order valence-corrected chi connectivity index (χ0v) is 14.0. The van der Waals surface area contributed by atoms with Gasteiger partial charge in [0.15, 0.2) is 0 Å². The highest BCUT2D eigenvalue weighted by atomic mass is 16.2. The summed E-state index contributed by atoms with van der Waals surface area (Å²) in [6.07, 6.45) is 2.78. The molecule has 0 aromatic carbocycles. The average molecular weight is 315 g/mol. The van der Waals surface area contributed by atoms with Crippen LogP contribution in [-0.4, -0.2) is 66.5 Å². The third-order valence-corrected chi connectivity index (χ3v) is 4.29. The van der Waals surface area contributed by atoms with Gasteiger partial charge in [0.25, 0.3) is 0 Å². The predicted molar refractivity (Wildman–Crippen MR) is 90.2 cm³/mol. The Morgan fingerprint density at radius 2 is 2.04 bits per heavy atom. The van der Waals surface area contributed by atoms with Crippen molar-refractivity contribution in [3.05, 3.63) is 24.0 Å². The summed E-state index contributed by atoms with van der Waals surface area (Å²) in [7, 11) is 0. The van der Waals surface area contributed by atoms with Gasteiger partial charge in [-0.25, -0.2) is 4.98 Å². The fourth-order valence-corrected chi connectivity index (χ4v) is 2.89. The third-order valence-electron chi connectivity index (χ3n) is 4.29. The molecule has 0 N–H and O–H groups in total. The van der Waals surface area contributed by atoms with Crippen LogP contribution in [-0.2, 0) is 4.79 Å². The summed E-state index contributed by atoms with van der Waals surface area (Å²) in [4.78, 5) is 22.8. The number of hydrogen-bond donors (Lipinski definition) is 0. The highest BCUT2D eigenvalue weighted by Gasteiger charge is 2.19. The van der Waals surface area contributed by atoms with Gasteiger partial charge in [0.2, 0.25) is 5.91 Å². The smallest absolute Gasteiger partial charge is 0.236 e. The SMILES string of the molecule is CCN(CC)C(=O)CN1CCCN(c2ccc(C#N)nc2)CC1. The topological polar surface area (TPSA) is 63.5 Å². The lowest BCUT2D eigenvalue weighted by Crippen LogP contribution is -2.41. The second-order valence-electron chi connectivity index (χ2n) is 5.70. The summed E-state index contributed by atoms with van der Waals surface area (Å²) >= 11 is 0. The zero-order chi connectivity index (χ0) is 16.7. The number of aromatic nitrogens is 1. The van der Waals surface area contributed by atoms with E-state index in [0.717, 1.165) is 51.4 Å². The van der Waals surface area contributed by atoms with Crippen molar-refractivity contribution in [2.75, 3.05) is 50.7 Å². The van der Waals surface area contributed by atoms with Crippen molar-refractivity contribution in [2.45, 2.75) is 20.3 Å². The molecular formula is C17H25N5O. The van der Waals surface area contributed by atoms with E-state index in [9.17, 15) is 4.79 Å². The van der Waals surface area contributed by atoms with Crippen molar-refractivity contribution in [2.24, 2.45) is 0 Å². The van der Waals surface area contributed by atoms with Crippen LogP contribution in [0.3, 0.4) is 0 Å². The minimum atomic E-state index is 0.212. The van der Waals surface area contributed by atoms with Crippen molar-refractivity contribution in [3.63, 3.8) is 0 Å². The molecule has 0 aliphatic carbocycles. The molecule has 1 amide bonds. The summed E-state index contributed by atoms with van der Waals surface area (Å²) in [5.74, 6) is 0.212. The number of rotatable bonds is 5. The largest absolute Gasteiger partial charge is 0.369 e.